The number of nitrogen functional groups attached to an aromatic ring is 3. The Kier molecular flexibility index (Phi) is 12.4. The van der Waals surface area contributed by atoms with E-state index in [1.165, 1.54) is 0 Å². The Morgan fingerprint density at radius 2 is 1.00 bits per heavy atom. The summed E-state index contributed by atoms with van der Waals surface area (Å²) in [6.45, 7) is 0.260. The van der Waals surface area contributed by atoms with E-state index < -0.39 is 7.82 Å². The van der Waals surface area contributed by atoms with Gasteiger partial charge in [0.1, 0.15) is 0 Å². The molecule has 1 aromatic rings. The summed E-state index contributed by atoms with van der Waals surface area (Å²) in [6.07, 6.45) is 0. The number of aromatic nitrogens is 3. The third-order valence-electron chi connectivity index (χ3n) is 1.67. The molecule has 0 atom stereocenters. The number of halogens is 3. The van der Waals surface area contributed by atoms with Crippen molar-refractivity contribution in [2.45, 2.75) is 0 Å². The van der Waals surface area contributed by atoms with E-state index in [-0.39, 0.29) is 55.3 Å². The number of nitrogens with zero attached hydrogens (tertiary/aromatic N) is 3. The molecular weight excluding hydrogens is 393 g/mol. The van der Waals surface area contributed by atoms with Gasteiger partial charge in [-0.05, 0) is 0 Å². The fourth-order valence-corrected chi connectivity index (χ4v) is 2.70. The van der Waals surface area contributed by atoms with Crippen molar-refractivity contribution in [2.24, 2.45) is 0 Å². The molecule has 0 saturated carbocycles. The average molecular weight is 412 g/mol. The highest BCUT2D eigenvalue weighted by Crippen LogP contribution is 2.49. The molecule has 1 heterocycles. The summed E-state index contributed by atoms with van der Waals surface area (Å²) in [5.41, 5.74) is 15.4. The molecule has 0 aliphatic heterocycles. The van der Waals surface area contributed by atoms with Crippen LogP contribution in [-0.4, -0.2) is 52.4 Å². The van der Waals surface area contributed by atoms with Crippen LogP contribution in [0.4, 0.5) is 17.8 Å². The lowest BCUT2D eigenvalue weighted by Crippen LogP contribution is -2.05. The Bertz CT molecular complexity index is 421. The molecule has 0 radical (unpaired) electrons. The number of anilines is 3. The molecule has 0 aromatic carbocycles. The van der Waals surface area contributed by atoms with Crippen molar-refractivity contribution in [3.05, 3.63) is 0 Å². The molecule has 0 unspecified atom stereocenters. The number of phosphoric ester groups is 1. The summed E-state index contributed by atoms with van der Waals surface area (Å²) in [6, 6.07) is 0. The van der Waals surface area contributed by atoms with Crippen LogP contribution in [0.15, 0.2) is 0 Å². The Labute approximate surface area is 148 Å². The largest absolute Gasteiger partial charge is 0.474 e. The molecule has 0 aliphatic carbocycles. The fourth-order valence-electron chi connectivity index (χ4n) is 0.978. The van der Waals surface area contributed by atoms with Crippen molar-refractivity contribution in [1.29, 1.82) is 0 Å². The summed E-state index contributed by atoms with van der Waals surface area (Å²) in [5.74, 6) is 0.745. The summed E-state index contributed by atoms with van der Waals surface area (Å²) in [5, 5.41) is 0. The molecular formula is C9H18Cl3N6O4P. The van der Waals surface area contributed by atoms with E-state index in [4.69, 9.17) is 65.6 Å². The quantitative estimate of drug-likeness (QED) is 0.400. The number of phosphoric acid groups is 1. The van der Waals surface area contributed by atoms with Crippen LogP contribution < -0.4 is 17.2 Å². The van der Waals surface area contributed by atoms with Gasteiger partial charge >= 0.3 is 7.82 Å². The van der Waals surface area contributed by atoms with Gasteiger partial charge in [0, 0.05) is 17.6 Å². The first-order valence-corrected chi connectivity index (χ1v) is 9.17. The Balaban J connectivity index is 0.000000459. The lowest BCUT2D eigenvalue weighted by Gasteiger charge is -2.16. The minimum atomic E-state index is -3.52. The van der Waals surface area contributed by atoms with Crippen LogP contribution in [0, 0.1) is 0 Å². The molecule has 0 fully saturated rings. The molecule has 0 amide bonds. The Morgan fingerprint density at radius 3 is 1.22 bits per heavy atom. The lowest BCUT2D eigenvalue weighted by atomic mass is 10.9. The molecule has 1 rings (SSSR count). The first-order valence-electron chi connectivity index (χ1n) is 6.11. The summed E-state index contributed by atoms with van der Waals surface area (Å²) in [7, 11) is -3.52. The predicted molar refractivity (Wildman–Crippen MR) is 90.7 cm³/mol. The lowest BCUT2D eigenvalue weighted by molar-refractivity contribution is 0.128. The number of hydrogen-bond donors (Lipinski definition) is 3. The van der Waals surface area contributed by atoms with E-state index in [0.29, 0.717) is 0 Å². The molecule has 10 nitrogen and oxygen atoms in total. The van der Waals surface area contributed by atoms with Gasteiger partial charge in [-0.1, -0.05) is 0 Å². The highest BCUT2D eigenvalue weighted by atomic mass is 35.5. The van der Waals surface area contributed by atoms with Crippen LogP contribution in [0.1, 0.15) is 0 Å². The zero-order valence-electron chi connectivity index (χ0n) is 12.0. The predicted octanol–water partition coefficient (Wildman–Crippen LogP) is 1.48. The molecule has 0 bridgehead atoms. The smallest absolute Gasteiger partial charge is 0.368 e. The second kappa shape index (κ2) is 12.8. The van der Waals surface area contributed by atoms with Crippen LogP contribution in [0.25, 0.3) is 0 Å². The van der Waals surface area contributed by atoms with E-state index in [1.54, 1.807) is 0 Å². The van der Waals surface area contributed by atoms with Crippen molar-refractivity contribution in [1.82, 2.24) is 15.0 Å². The first-order chi connectivity index (χ1) is 10.9. The number of nitrogens with two attached hydrogens (primary N) is 3. The molecule has 1 aromatic heterocycles. The third kappa shape index (κ3) is 11.5. The van der Waals surface area contributed by atoms with Crippen LogP contribution in [0.5, 0.6) is 0 Å². The Hall–Kier alpha value is -0.610. The van der Waals surface area contributed by atoms with E-state index >= 15 is 0 Å². The molecule has 6 N–H and O–H groups in total. The van der Waals surface area contributed by atoms with Crippen molar-refractivity contribution < 1.29 is 18.1 Å². The number of rotatable bonds is 9. The maximum absolute atomic E-state index is 11.6. The van der Waals surface area contributed by atoms with E-state index in [9.17, 15) is 4.57 Å². The van der Waals surface area contributed by atoms with E-state index in [1.807, 2.05) is 0 Å². The van der Waals surface area contributed by atoms with E-state index in [0.717, 1.165) is 0 Å². The summed E-state index contributed by atoms with van der Waals surface area (Å²) >= 11 is 16.1. The summed E-state index contributed by atoms with van der Waals surface area (Å²) < 4.78 is 26.2. The fraction of sp³-hybridized carbons (Fsp3) is 0.667. The molecule has 134 valence electrons. The number of alkyl halides is 3. The van der Waals surface area contributed by atoms with Gasteiger partial charge in [0.15, 0.2) is 0 Å². The Morgan fingerprint density at radius 1 is 0.739 bits per heavy atom. The van der Waals surface area contributed by atoms with Crippen LogP contribution in [0.3, 0.4) is 0 Å². The molecule has 0 saturated heterocycles. The second-order valence-electron chi connectivity index (χ2n) is 3.42. The van der Waals surface area contributed by atoms with Gasteiger partial charge < -0.3 is 17.2 Å². The molecule has 23 heavy (non-hydrogen) atoms. The highest BCUT2D eigenvalue weighted by molar-refractivity contribution is 7.48. The van der Waals surface area contributed by atoms with Crippen molar-refractivity contribution in [3.8, 4) is 0 Å². The normalized spacial score (nSPS) is 10.9. The van der Waals surface area contributed by atoms with E-state index in [2.05, 4.69) is 15.0 Å². The highest BCUT2D eigenvalue weighted by Gasteiger charge is 2.25. The minimum absolute atomic E-state index is 0.0417. The second-order valence-corrected chi connectivity index (χ2v) is 6.23. The molecule has 0 spiro atoms. The van der Waals surface area contributed by atoms with Crippen molar-refractivity contribution in [2.75, 3.05) is 54.7 Å². The van der Waals surface area contributed by atoms with Gasteiger partial charge in [-0.3, -0.25) is 13.6 Å². The van der Waals surface area contributed by atoms with Gasteiger partial charge in [0.2, 0.25) is 17.8 Å². The van der Waals surface area contributed by atoms with Crippen LogP contribution >= 0.6 is 42.6 Å². The zero-order valence-corrected chi connectivity index (χ0v) is 15.2. The molecule has 14 heteroatoms. The monoisotopic (exact) mass is 410 g/mol. The SMILES string of the molecule is Nc1nc(N)nc(N)n1.O=P(OCCCl)(OCCCl)OCCCl. The summed E-state index contributed by atoms with van der Waals surface area (Å²) in [4.78, 5) is 10.5. The average Bonchev–Trinajstić information content (AvgIpc) is 2.48. The van der Waals surface area contributed by atoms with Gasteiger partial charge in [-0.15, -0.1) is 34.8 Å². The number of hydrogen-bond acceptors (Lipinski definition) is 10. The van der Waals surface area contributed by atoms with Crippen LogP contribution in [0.2, 0.25) is 0 Å². The van der Waals surface area contributed by atoms with Gasteiger partial charge in [0.05, 0.1) is 19.8 Å². The van der Waals surface area contributed by atoms with Gasteiger partial charge in [-0.2, -0.15) is 15.0 Å². The third-order valence-corrected chi connectivity index (χ3v) is 3.63. The standard InChI is InChI=1S/C6H12Cl3O4P.C3H6N6/c7-1-4-11-14(10,12-5-2-8)13-6-3-9;4-1-7-2(5)9-3(6)8-1/h1-6H2;(H6,4,5,6,7,8,9). The van der Waals surface area contributed by atoms with Gasteiger partial charge in [-0.25, -0.2) is 4.57 Å². The van der Waals surface area contributed by atoms with Crippen LogP contribution in [-0.2, 0) is 18.1 Å². The first kappa shape index (κ1) is 22.4. The minimum Gasteiger partial charge on any atom is -0.368 e. The molecule has 0 aliphatic rings. The topological polar surface area (TPSA) is 161 Å². The zero-order chi connectivity index (χ0) is 17.7. The van der Waals surface area contributed by atoms with Crippen molar-refractivity contribution in [3.63, 3.8) is 0 Å². The maximum Gasteiger partial charge on any atom is 0.474 e. The maximum atomic E-state index is 11.6. The van der Waals surface area contributed by atoms with Crippen molar-refractivity contribution >= 4 is 60.5 Å². The van der Waals surface area contributed by atoms with Gasteiger partial charge in [0.25, 0.3) is 0 Å².